The topological polar surface area (TPSA) is 92.5 Å². The molecule has 0 aliphatic carbocycles. The highest BCUT2D eigenvalue weighted by Gasteiger charge is 2.41. The number of likely N-dealkylation sites (tertiary alicyclic amines) is 1. The predicted octanol–water partition coefficient (Wildman–Crippen LogP) is 1.65. The van der Waals surface area contributed by atoms with Crippen molar-refractivity contribution in [2.75, 3.05) is 38.7 Å². The number of amides is 1. The van der Waals surface area contributed by atoms with Gasteiger partial charge in [0.05, 0.1) is 12.3 Å². The number of nitrogens with one attached hydrogen (secondary N) is 2. The van der Waals surface area contributed by atoms with Crippen LogP contribution in [0.4, 0.5) is 5.13 Å². The molecule has 2 N–H and O–H groups in total. The third-order valence-electron chi connectivity index (χ3n) is 4.58. The number of hydrogen-bond donors (Lipinski definition) is 2. The fraction of sp³-hybridized carbons (Fsp3) is 0.588. The molecule has 8 nitrogen and oxygen atoms in total. The minimum atomic E-state index is -0.651. The van der Waals surface area contributed by atoms with Crippen LogP contribution in [-0.4, -0.2) is 59.8 Å². The molecule has 0 aromatic carbocycles. The van der Waals surface area contributed by atoms with Crippen LogP contribution in [0.15, 0.2) is 22.2 Å². The summed E-state index contributed by atoms with van der Waals surface area (Å²) in [5.41, 5.74) is 0.273. The van der Waals surface area contributed by atoms with E-state index in [-0.39, 0.29) is 5.91 Å². The van der Waals surface area contributed by atoms with E-state index in [1.807, 2.05) is 18.4 Å². The van der Waals surface area contributed by atoms with Crippen LogP contribution >= 0.6 is 11.3 Å². The Morgan fingerprint density at radius 2 is 2.27 bits per heavy atom. The fourth-order valence-electron chi connectivity index (χ4n) is 3.15. The normalized spacial score (nSPS) is 17.2. The second-order valence-corrected chi connectivity index (χ2v) is 7.39. The van der Waals surface area contributed by atoms with Crippen LogP contribution in [0.1, 0.15) is 24.3 Å². The van der Waals surface area contributed by atoms with E-state index in [1.54, 1.807) is 13.3 Å². The minimum Gasteiger partial charge on any atom is -0.383 e. The average Bonchev–Trinajstić information content (AvgIpc) is 3.28. The van der Waals surface area contributed by atoms with Gasteiger partial charge in [0.15, 0.2) is 5.13 Å². The number of aryl methyl sites for hydroxylation is 1. The first-order valence-corrected chi connectivity index (χ1v) is 9.59. The number of anilines is 1. The third-order valence-corrected chi connectivity index (χ3v) is 5.27. The van der Waals surface area contributed by atoms with E-state index >= 15 is 0 Å². The van der Waals surface area contributed by atoms with Gasteiger partial charge in [0.2, 0.25) is 5.91 Å². The van der Waals surface area contributed by atoms with Gasteiger partial charge < -0.3 is 19.9 Å². The van der Waals surface area contributed by atoms with Gasteiger partial charge in [-0.2, -0.15) is 0 Å². The number of thiazole rings is 1. The molecule has 0 bridgehead atoms. The van der Waals surface area contributed by atoms with Gasteiger partial charge >= 0.3 is 0 Å². The number of rotatable bonds is 8. The van der Waals surface area contributed by atoms with Crippen LogP contribution in [0.3, 0.4) is 0 Å². The molecule has 1 amide bonds. The van der Waals surface area contributed by atoms with Gasteiger partial charge in [-0.3, -0.25) is 9.69 Å². The highest BCUT2D eigenvalue weighted by molar-refractivity contribution is 7.13. The number of ether oxygens (including phenoxy) is 1. The zero-order valence-corrected chi connectivity index (χ0v) is 16.0. The predicted molar refractivity (Wildman–Crippen MR) is 99.1 cm³/mol. The van der Waals surface area contributed by atoms with Crippen molar-refractivity contribution < 1.29 is 14.1 Å². The summed E-state index contributed by atoms with van der Waals surface area (Å²) in [5.74, 6) is 0.816. The summed E-state index contributed by atoms with van der Waals surface area (Å²) in [6, 6.07) is 1.95. The molecule has 2 aromatic heterocycles. The molecule has 0 unspecified atom stereocenters. The van der Waals surface area contributed by atoms with Crippen LogP contribution in [0, 0.1) is 6.92 Å². The highest BCUT2D eigenvalue weighted by Crippen LogP contribution is 2.29. The molecule has 3 rings (SSSR count). The third kappa shape index (κ3) is 4.60. The van der Waals surface area contributed by atoms with Crippen molar-refractivity contribution in [1.29, 1.82) is 0 Å². The maximum atomic E-state index is 12.9. The van der Waals surface area contributed by atoms with Crippen LogP contribution in [0.25, 0.3) is 0 Å². The molecule has 0 radical (unpaired) electrons. The standard InChI is InChI=1S/C17H25N5O3S/c1-13-11-14(21-25-13)12-22-7-3-17(4-8-22,15(23)18-5-9-24-2)20-16-19-6-10-26-16/h6,10-11H,3-5,7-9,12H2,1-2H3,(H,18,23)(H,19,20). The highest BCUT2D eigenvalue weighted by atomic mass is 32.1. The number of aromatic nitrogens is 2. The molecule has 1 saturated heterocycles. The molecule has 0 saturated carbocycles. The molecule has 1 fully saturated rings. The lowest BCUT2D eigenvalue weighted by Crippen LogP contribution is -2.58. The summed E-state index contributed by atoms with van der Waals surface area (Å²) in [4.78, 5) is 19.5. The summed E-state index contributed by atoms with van der Waals surface area (Å²) < 4.78 is 10.2. The smallest absolute Gasteiger partial charge is 0.245 e. The Morgan fingerprint density at radius 1 is 1.46 bits per heavy atom. The first kappa shape index (κ1) is 18.8. The van der Waals surface area contributed by atoms with Gasteiger partial charge in [0.1, 0.15) is 11.3 Å². The molecule has 3 heterocycles. The summed E-state index contributed by atoms with van der Waals surface area (Å²) in [5, 5.41) is 13.1. The lowest BCUT2D eigenvalue weighted by atomic mass is 9.86. The SMILES string of the molecule is COCCNC(=O)C1(Nc2nccs2)CCN(Cc2cc(C)on2)CC1. The van der Waals surface area contributed by atoms with E-state index in [4.69, 9.17) is 9.26 Å². The van der Waals surface area contributed by atoms with Crippen molar-refractivity contribution in [2.24, 2.45) is 0 Å². The molecule has 9 heteroatoms. The first-order valence-electron chi connectivity index (χ1n) is 8.71. The monoisotopic (exact) mass is 379 g/mol. The van der Waals surface area contributed by atoms with Gasteiger partial charge in [-0.25, -0.2) is 4.98 Å². The average molecular weight is 379 g/mol. The van der Waals surface area contributed by atoms with Gasteiger partial charge in [0, 0.05) is 50.9 Å². The molecule has 26 heavy (non-hydrogen) atoms. The molecule has 1 aliphatic heterocycles. The van der Waals surface area contributed by atoms with E-state index in [0.29, 0.717) is 26.0 Å². The molecule has 2 aromatic rings. The van der Waals surface area contributed by atoms with Gasteiger partial charge in [-0.15, -0.1) is 11.3 Å². The zero-order valence-electron chi connectivity index (χ0n) is 15.2. The van der Waals surface area contributed by atoms with Crippen molar-refractivity contribution in [2.45, 2.75) is 31.8 Å². The van der Waals surface area contributed by atoms with Crippen LogP contribution in [0.2, 0.25) is 0 Å². The number of carbonyl (C=O) groups is 1. The molecule has 0 atom stereocenters. The first-order chi connectivity index (χ1) is 12.6. The summed E-state index contributed by atoms with van der Waals surface area (Å²) in [7, 11) is 1.62. The number of carbonyl (C=O) groups excluding carboxylic acids is 1. The van der Waals surface area contributed by atoms with E-state index in [9.17, 15) is 4.79 Å². The van der Waals surface area contributed by atoms with Gasteiger partial charge in [0.25, 0.3) is 0 Å². The van der Waals surface area contributed by atoms with Crippen molar-refractivity contribution in [3.8, 4) is 0 Å². The van der Waals surface area contributed by atoms with Crippen molar-refractivity contribution >= 4 is 22.4 Å². The summed E-state index contributed by atoms with van der Waals surface area (Å²) in [6.45, 7) is 5.20. The van der Waals surface area contributed by atoms with Crippen molar-refractivity contribution in [1.82, 2.24) is 20.4 Å². The molecule has 142 valence electrons. The van der Waals surface area contributed by atoms with E-state index in [1.165, 1.54) is 11.3 Å². The fourth-order valence-corrected chi connectivity index (χ4v) is 3.78. The number of hydrogen-bond acceptors (Lipinski definition) is 8. The quantitative estimate of drug-likeness (QED) is 0.674. The Bertz CT molecular complexity index is 695. The molecular weight excluding hydrogens is 354 g/mol. The molecule has 1 aliphatic rings. The molecule has 0 spiro atoms. The Hall–Kier alpha value is -1.97. The van der Waals surface area contributed by atoms with E-state index in [0.717, 1.165) is 36.2 Å². The van der Waals surface area contributed by atoms with Crippen LogP contribution in [0.5, 0.6) is 0 Å². The second-order valence-electron chi connectivity index (χ2n) is 6.50. The second kappa shape index (κ2) is 8.61. The Labute approximate surface area is 156 Å². The zero-order chi connectivity index (χ0) is 18.4. The largest absolute Gasteiger partial charge is 0.383 e. The Kier molecular flexibility index (Phi) is 6.23. The minimum absolute atomic E-state index is 0.00156. The lowest BCUT2D eigenvalue weighted by molar-refractivity contribution is -0.127. The number of piperidine rings is 1. The van der Waals surface area contributed by atoms with E-state index in [2.05, 4.69) is 25.7 Å². The van der Waals surface area contributed by atoms with Crippen molar-refractivity contribution in [3.63, 3.8) is 0 Å². The van der Waals surface area contributed by atoms with Crippen molar-refractivity contribution in [3.05, 3.63) is 29.1 Å². The summed E-state index contributed by atoms with van der Waals surface area (Å²) in [6.07, 6.45) is 3.13. The number of methoxy groups -OCH3 is 1. The van der Waals surface area contributed by atoms with Gasteiger partial charge in [-0.1, -0.05) is 5.16 Å². The Morgan fingerprint density at radius 3 is 2.88 bits per heavy atom. The Balaban J connectivity index is 1.64. The van der Waals surface area contributed by atoms with Crippen LogP contribution < -0.4 is 10.6 Å². The lowest BCUT2D eigenvalue weighted by Gasteiger charge is -2.40. The summed E-state index contributed by atoms with van der Waals surface area (Å²) >= 11 is 1.50. The molecular formula is C17H25N5O3S. The maximum absolute atomic E-state index is 12.9. The van der Waals surface area contributed by atoms with E-state index < -0.39 is 5.54 Å². The van der Waals surface area contributed by atoms with Gasteiger partial charge in [-0.05, 0) is 19.8 Å². The van der Waals surface area contributed by atoms with Crippen LogP contribution in [-0.2, 0) is 16.1 Å². The maximum Gasteiger partial charge on any atom is 0.245 e. The number of nitrogens with zero attached hydrogens (tertiary/aromatic N) is 3.